The average molecular weight is 363 g/mol. The van der Waals surface area contributed by atoms with E-state index in [0.29, 0.717) is 12.1 Å². The second kappa shape index (κ2) is 6.34. The molecule has 0 saturated heterocycles. The minimum atomic E-state index is -0.820. The number of nitrogens with one attached hydrogen (secondary N) is 2. The number of aromatic nitrogens is 2. The summed E-state index contributed by atoms with van der Waals surface area (Å²) in [5.74, 6) is -1.62. The lowest BCUT2D eigenvalue weighted by atomic mass is 9.94. The molecule has 0 atom stereocenters. The molecule has 2 N–H and O–H groups in total. The normalized spacial score (nSPS) is 15.7. The lowest BCUT2D eigenvalue weighted by Crippen LogP contribution is -2.12. The summed E-state index contributed by atoms with van der Waals surface area (Å²) in [5, 5.41) is 1.98. The number of aryl methyl sites for hydroxylation is 1. The van der Waals surface area contributed by atoms with Gasteiger partial charge in [0, 0.05) is 35.2 Å². The number of hydrogen-bond acceptors (Lipinski definition) is 1. The number of H-pyrrole nitrogens is 2. The van der Waals surface area contributed by atoms with Crippen LogP contribution < -0.4 is 0 Å². The SMILES string of the molecule is Fc1cc2[nH]c3c(c2cc1F)CCCC3=NCCc1ccc2[nH]ccc2c1. The highest BCUT2D eigenvalue weighted by molar-refractivity contribution is 6.06. The zero-order valence-electron chi connectivity index (χ0n) is 14.8. The predicted molar refractivity (Wildman–Crippen MR) is 105 cm³/mol. The van der Waals surface area contributed by atoms with Crippen LogP contribution in [-0.4, -0.2) is 22.2 Å². The third-order valence-corrected chi connectivity index (χ3v) is 5.40. The minimum Gasteiger partial charge on any atom is -0.361 e. The molecule has 0 unspecified atom stereocenters. The van der Waals surface area contributed by atoms with Crippen LogP contribution >= 0.6 is 0 Å². The van der Waals surface area contributed by atoms with Crippen molar-refractivity contribution in [2.75, 3.05) is 6.54 Å². The van der Waals surface area contributed by atoms with E-state index >= 15 is 0 Å². The zero-order chi connectivity index (χ0) is 18.4. The van der Waals surface area contributed by atoms with Gasteiger partial charge in [-0.05, 0) is 66.5 Å². The van der Waals surface area contributed by atoms with Crippen LogP contribution in [0, 0.1) is 11.6 Å². The molecule has 2 aromatic carbocycles. The molecule has 136 valence electrons. The highest BCUT2D eigenvalue weighted by Crippen LogP contribution is 2.31. The Morgan fingerprint density at radius 2 is 1.85 bits per heavy atom. The topological polar surface area (TPSA) is 43.9 Å². The van der Waals surface area contributed by atoms with Gasteiger partial charge in [-0.1, -0.05) is 6.07 Å². The third kappa shape index (κ3) is 2.83. The van der Waals surface area contributed by atoms with Crippen LogP contribution in [0.1, 0.15) is 29.7 Å². The van der Waals surface area contributed by atoms with Gasteiger partial charge in [-0.25, -0.2) is 8.78 Å². The molecule has 0 spiro atoms. The maximum atomic E-state index is 13.6. The van der Waals surface area contributed by atoms with Gasteiger partial charge in [0.25, 0.3) is 0 Å². The van der Waals surface area contributed by atoms with Crippen molar-refractivity contribution in [3.05, 3.63) is 71.1 Å². The summed E-state index contributed by atoms with van der Waals surface area (Å²) in [7, 11) is 0. The lowest BCUT2D eigenvalue weighted by molar-refractivity contribution is 0.511. The van der Waals surface area contributed by atoms with Crippen LogP contribution in [0.3, 0.4) is 0 Å². The molecule has 4 aromatic rings. The van der Waals surface area contributed by atoms with E-state index in [1.165, 1.54) is 23.1 Å². The molecule has 0 amide bonds. The van der Waals surface area contributed by atoms with Crippen LogP contribution in [0.5, 0.6) is 0 Å². The van der Waals surface area contributed by atoms with E-state index in [9.17, 15) is 8.78 Å². The maximum Gasteiger partial charge on any atom is 0.160 e. The second-order valence-electron chi connectivity index (χ2n) is 7.12. The molecule has 5 rings (SSSR count). The fourth-order valence-corrected chi connectivity index (χ4v) is 4.04. The van der Waals surface area contributed by atoms with Gasteiger partial charge in [0.1, 0.15) is 0 Å². The third-order valence-electron chi connectivity index (χ3n) is 5.40. The molecule has 0 fully saturated rings. The molecule has 27 heavy (non-hydrogen) atoms. The Labute approximate surface area is 155 Å². The fourth-order valence-electron chi connectivity index (χ4n) is 4.04. The van der Waals surface area contributed by atoms with E-state index in [2.05, 4.69) is 34.2 Å². The first-order chi connectivity index (χ1) is 13.2. The standard InChI is InChI=1S/C22H19F2N3/c23-17-11-16-15-2-1-3-20(22(15)27-21(16)12-18(17)24)26-8-6-13-4-5-19-14(10-13)7-9-25-19/h4-5,7,9-12,25,27H,1-3,6,8H2. The van der Waals surface area contributed by atoms with Crippen LogP contribution in [0.15, 0.2) is 47.6 Å². The van der Waals surface area contributed by atoms with Gasteiger partial charge < -0.3 is 9.97 Å². The van der Waals surface area contributed by atoms with Crippen LogP contribution in [0.4, 0.5) is 8.78 Å². The summed E-state index contributed by atoms with van der Waals surface area (Å²) in [5.41, 5.74) is 6.05. The Bertz CT molecular complexity index is 1180. The highest BCUT2D eigenvalue weighted by atomic mass is 19.2. The Balaban J connectivity index is 1.42. The first-order valence-corrected chi connectivity index (χ1v) is 9.28. The van der Waals surface area contributed by atoms with Crippen LogP contribution in [0.2, 0.25) is 0 Å². The summed E-state index contributed by atoms with van der Waals surface area (Å²) >= 11 is 0. The van der Waals surface area contributed by atoms with E-state index in [1.54, 1.807) is 0 Å². The first kappa shape index (κ1) is 16.2. The van der Waals surface area contributed by atoms with Gasteiger partial charge in [0.2, 0.25) is 0 Å². The molecular formula is C22H19F2N3. The number of hydrogen-bond donors (Lipinski definition) is 2. The van der Waals surface area contributed by atoms with Crippen molar-refractivity contribution in [1.29, 1.82) is 0 Å². The summed E-state index contributed by atoms with van der Waals surface area (Å²) in [6, 6.07) is 11.0. The van der Waals surface area contributed by atoms with Gasteiger partial charge in [0.05, 0.1) is 11.4 Å². The number of fused-ring (bicyclic) bond motifs is 4. The molecular weight excluding hydrogens is 344 g/mol. The van der Waals surface area contributed by atoms with Crippen molar-refractivity contribution in [3.8, 4) is 0 Å². The maximum absolute atomic E-state index is 13.6. The van der Waals surface area contributed by atoms with E-state index in [-0.39, 0.29) is 0 Å². The van der Waals surface area contributed by atoms with Gasteiger partial charge in [0.15, 0.2) is 11.6 Å². The summed E-state index contributed by atoms with van der Waals surface area (Å²) in [4.78, 5) is 11.3. The summed E-state index contributed by atoms with van der Waals surface area (Å²) in [6.45, 7) is 0.697. The molecule has 2 heterocycles. The van der Waals surface area contributed by atoms with E-state index in [1.807, 2.05) is 6.20 Å². The number of aliphatic imine (C=N–C) groups is 1. The molecule has 3 nitrogen and oxygen atoms in total. The van der Waals surface area contributed by atoms with Crippen molar-refractivity contribution in [2.45, 2.75) is 25.7 Å². The second-order valence-corrected chi connectivity index (χ2v) is 7.12. The van der Waals surface area contributed by atoms with Crippen molar-refractivity contribution >= 4 is 27.5 Å². The smallest absolute Gasteiger partial charge is 0.160 e. The van der Waals surface area contributed by atoms with Crippen LogP contribution in [0.25, 0.3) is 21.8 Å². The molecule has 1 aliphatic carbocycles. The quantitative estimate of drug-likeness (QED) is 0.496. The lowest BCUT2D eigenvalue weighted by Gasteiger charge is -2.14. The van der Waals surface area contributed by atoms with Crippen molar-refractivity contribution in [3.63, 3.8) is 0 Å². The van der Waals surface area contributed by atoms with E-state index in [4.69, 9.17) is 4.99 Å². The number of halogens is 2. The number of aromatic amines is 2. The number of rotatable bonds is 3. The van der Waals surface area contributed by atoms with Gasteiger partial charge >= 0.3 is 0 Å². The Morgan fingerprint density at radius 1 is 0.963 bits per heavy atom. The Morgan fingerprint density at radius 3 is 2.78 bits per heavy atom. The molecule has 2 aromatic heterocycles. The highest BCUT2D eigenvalue weighted by Gasteiger charge is 2.21. The average Bonchev–Trinajstić information content (AvgIpc) is 3.27. The molecule has 0 radical (unpaired) electrons. The van der Waals surface area contributed by atoms with E-state index < -0.39 is 11.6 Å². The molecule has 1 aliphatic rings. The molecule has 0 aliphatic heterocycles. The van der Waals surface area contributed by atoms with Crippen molar-refractivity contribution < 1.29 is 8.78 Å². The van der Waals surface area contributed by atoms with Crippen molar-refractivity contribution in [2.24, 2.45) is 4.99 Å². The van der Waals surface area contributed by atoms with Crippen LogP contribution in [-0.2, 0) is 12.8 Å². The van der Waals surface area contributed by atoms with Gasteiger partial charge in [-0.3, -0.25) is 4.99 Å². The predicted octanol–water partition coefficient (Wildman–Crippen LogP) is 5.30. The van der Waals surface area contributed by atoms with Crippen molar-refractivity contribution in [1.82, 2.24) is 9.97 Å². The molecule has 5 heteroatoms. The Kier molecular flexibility index (Phi) is 3.81. The minimum absolute atomic E-state index is 0.645. The number of nitrogens with zero attached hydrogens (tertiary/aromatic N) is 1. The molecule has 0 bridgehead atoms. The van der Waals surface area contributed by atoms with E-state index in [0.717, 1.165) is 53.6 Å². The monoisotopic (exact) mass is 363 g/mol. The molecule has 0 saturated carbocycles. The summed E-state index contributed by atoms with van der Waals surface area (Å²) in [6.07, 6.45) is 5.54. The Hall–Kier alpha value is -2.95. The fraction of sp³-hybridized carbons (Fsp3) is 0.227. The van der Waals surface area contributed by atoms with Gasteiger partial charge in [-0.2, -0.15) is 0 Å². The summed E-state index contributed by atoms with van der Waals surface area (Å²) < 4.78 is 27.2. The number of benzene rings is 2. The first-order valence-electron chi connectivity index (χ1n) is 9.28. The van der Waals surface area contributed by atoms with Gasteiger partial charge in [-0.15, -0.1) is 0 Å². The largest absolute Gasteiger partial charge is 0.361 e. The zero-order valence-corrected chi connectivity index (χ0v) is 14.8.